The Morgan fingerprint density at radius 1 is 1.47 bits per heavy atom. The van der Waals surface area contributed by atoms with Crippen molar-refractivity contribution in [1.82, 2.24) is 10.2 Å². The first-order valence-electron chi connectivity index (χ1n) is 4.84. The van der Waals surface area contributed by atoms with Gasteiger partial charge in [0.2, 0.25) is 0 Å². The molecule has 0 fully saturated rings. The molecule has 0 radical (unpaired) electrons. The normalized spacial score (nSPS) is 10.3. The molecular formula is C11H9ClFN3O. The maximum Gasteiger partial charge on any atom is 0.259 e. The Labute approximate surface area is 102 Å². The number of aromatic amines is 1. The summed E-state index contributed by atoms with van der Waals surface area (Å²) in [5, 5.41) is 9.21. The summed E-state index contributed by atoms with van der Waals surface area (Å²) in [6.07, 6.45) is 0. The highest BCUT2D eigenvalue weighted by Gasteiger charge is 2.13. The van der Waals surface area contributed by atoms with Gasteiger partial charge in [-0.05, 0) is 25.1 Å². The lowest BCUT2D eigenvalue weighted by atomic mass is 10.2. The van der Waals surface area contributed by atoms with Crippen molar-refractivity contribution >= 4 is 23.3 Å². The van der Waals surface area contributed by atoms with Gasteiger partial charge >= 0.3 is 0 Å². The number of aromatic nitrogens is 2. The Bertz CT molecular complexity index is 568. The van der Waals surface area contributed by atoms with Gasteiger partial charge in [0.05, 0.1) is 5.56 Å². The zero-order valence-corrected chi connectivity index (χ0v) is 9.68. The second-order valence-electron chi connectivity index (χ2n) is 3.51. The summed E-state index contributed by atoms with van der Waals surface area (Å²) in [6.45, 7) is 1.80. The molecule has 0 unspecified atom stereocenters. The number of rotatable bonds is 2. The van der Waals surface area contributed by atoms with Crippen LogP contribution in [0.2, 0.25) is 5.02 Å². The van der Waals surface area contributed by atoms with Gasteiger partial charge in [0.15, 0.2) is 5.82 Å². The fourth-order valence-corrected chi connectivity index (χ4v) is 1.50. The van der Waals surface area contributed by atoms with Gasteiger partial charge in [-0.1, -0.05) is 11.6 Å². The molecule has 0 atom stereocenters. The van der Waals surface area contributed by atoms with Crippen LogP contribution in [-0.2, 0) is 0 Å². The molecule has 2 rings (SSSR count). The van der Waals surface area contributed by atoms with Crippen LogP contribution in [0.15, 0.2) is 24.3 Å². The third-order valence-electron chi connectivity index (χ3n) is 2.12. The molecular weight excluding hydrogens is 245 g/mol. The third-order valence-corrected chi connectivity index (χ3v) is 2.36. The highest BCUT2D eigenvalue weighted by Crippen LogP contribution is 2.16. The van der Waals surface area contributed by atoms with E-state index in [1.165, 1.54) is 12.1 Å². The first-order valence-corrected chi connectivity index (χ1v) is 5.22. The van der Waals surface area contributed by atoms with E-state index in [-0.39, 0.29) is 10.6 Å². The van der Waals surface area contributed by atoms with Crippen LogP contribution < -0.4 is 5.32 Å². The fourth-order valence-electron chi connectivity index (χ4n) is 1.34. The van der Waals surface area contributed by atoms with Crippen molar-refractivity contribution < 1.29 is 9.18 Å². The van der Waals surface area contributed by atoms with Gasteiger partial charge in [0.1, 0.15) is 5.82 Å². The number of H-pyrrole nitrogens is 1. The van der Waals surface area contributed by atoms with Crippen LogP contribution in [0.5, 0.6) is 0 Å². The summed E-state index contributed by atoms with van der Waals surface area (Å²) < 4.78 is 13.4. The highest BCUT2D eigenvalue weighted by molar-refractivity contribution is 6.30. The van der Waals surface area contributed by atoms with Gasteiger partial charge in [-0.15, -0.1) is 0 Å². The molecule has 88 valence electrons. The Morgan fingerprint density at radius 3 is 2.82 bits per heavy atom. The van der Waals surface area contributed by atoms with Crippen molar-refractivity contribution in [3.05, 3.63) is 46.4 Å². The van der Waals surface area contributed by atoms with Crippen molar-refractivity contribution in [2.45, 2.75) is 6.92 Å². The number of benzene rings is 1. The minimum Gasteiger partial charge on any atom is -0.305 e. The molecule has 0 aliphatic rings. The van der Waals surface area contributed by atoms with E-state index in [2.05, 4.69) is 15.5 Å². The molecule has 0 saturated heterocycles. The Hall–Kier alpha value is -1.88. The Balaban J connectivity index is 2.20. The van der Waals surface area contributed by atoms with Crippen LogP contribution in [0, 0.1) is 12.7 Å². The molecule has 2 N–H and O–H groups in total. The number of hydrogen-bond acceptors (Lipinski definition) is 2. The molecule has 2 aromatic rings. The maximum atomic E-state index is 13.4. The number of halogens is 2. The van der Waals surface area contributed by atoms with Crippen LogP contribution in [0.1, 0.15) is 16.1 Å². The van der Waals surface area contributed by atoms with Crippen molar-refractivity contribution in [1.29, 1.82) is 0 Å². The van der Waals surface area contributed by atoms with E-state index in [0.29, 0.717) is 5.82 Å². The smallest absolute Gasteiger partial charge is 0.259 e. The van der Waals surface area contributed by atoms with Crippen LogP contribution in [0.3, 0.4) is 0 Å². The Morgan fingerprint density at radius 2 is 2.24 bits per heavy atom. The highest BCUT2D eigenvalue weighted by atomic mass is 35.5. The summed E-state index contributed by atoms with van der Waals surface area (Å²) in [4.78, 5) is 11.7. The SMILES string of the molecule is Cc1cc(NC(=O)c2ccc(Cl)cc2F)n[nH]1. The van der Waals surface area contributed by atoms with E-state index in [1.54, 1.807) is 13.0 Å². The van der Waals surface area contributed by atoms with E-state index < -0.39 is 11.7 Å². The summed E-state index contributed by atoms with van der Waals surface area (Å²) >= 11 is 5.60. The summed E-state index contributed by atoms with van der Waals surface area (Å²) in [6, 6.07) is 5.51. The molecule has 0 spiro atoms. The largest absolute Gasteiger partial charge is 0.305 e. The van der Waals surface area contributed by atoms with Gasteiger partial charge < -0.3 is 5.32 Å². The van der Waals surface area contributed by atoms with Gasteiger partial charge in [-0.2, -0.15) is 5.10 Å². The fraction of sp³-hybridized carbons (Fsp3) is 0.0909. The molecule has 6 heteroatoms. The average molecular weight is 254 g/mol. The van der Waals surface area contributed by atoms with E-state index >= 15 is 0 Å². The lowest BCUT2D eigenvalue weighted by molar-refractivity contribution is 0.102. The second kappa shape index (κ2) is 4.55. The van der Waals surface area contributed by atoms with Crippen LogP contribution in [0.4, 0.5) is 10.2 Å². The quantitative estimate of drug-likeness (QED) is 0.865. The number of carbonyl (C=O) groups is 1. The van der Waals surface area contributed by atoms with Crippen molar-refractivity contribution in [3.8, 4) is 0 Å². The minimum absolute atomic E-state index is 0.0740. The second-order valence-corrected chi connectivity index (χ2v) is 3.95. The van der Waals surface area contributed by atoms with E-state index in [9.17, 15) is 9.18 Å². The molecule has 1 aromatic heterocycles. The molecule has 1 heterocycles. The van der Waals surface area contributed by atoms with Crippen LogP contribution >= 0.6 is 11.6 Å². The number of carbonyl (C=O) groups excluding carboxylic acids is 1. The molecule has 1 aromatic carbocycles. The summed E-state index contributed by atoms with van der Waals surface area (Å²) in [5.41, 5.74) is 0.729. The van der Waals surface area contributed by atoms with Gasteiger partial charge in [0.25, 0.3) is 5.91 Å². The molecule has 0 saturated carbocycles. The van der Waals surface area contributed by atoms with E-state index in [1.807, 2.05) is 0 Å². The summed E-state index contributed by atoms with van der Waals surface area (Å²) in [7, 11) is 0. The molecule has 0 bridgehead atoms. The van der Waals surface area contributed by atoms with E-state index in [0.717, 1.165) is 11.8 Å². The van der Waals surface area contributed by atoms with Gasteiger partial charge in [-0.25, -0.2) is 4.39 Å². The zero-order valence-electron chi connectivity index (χ0n) is 8.92. The lowest BCUT2D eigenvalue weighted by Crippen LogP contribution is -2.13. The monoisotopic (exact) mass is 253 g/mol. The predicted octanol–water partition coefficient (Wildman–Crippen LogP) is 2.76. The third kappa shape index (κ3) is 2.62. The van der Waals surface area contributed by atoms with Crippen molar-refractivity contribution in [2.75, 3.05) is 5.32 Å². The Kier molecular flexibility index (Phi) is 3.10. The number of amides is 1. The standard InChI is InChI=1S/C11H9ClFN3O/c1-6-4-10(16-15-6)14-11(17)8-3-2-7(12)5-9(8)13/h2-5H,1H3,(H2,14,15,16,17). The number of hydrogen-bond donors (Lipinski definition) is 2. The van der Waals surface area contributed by atoms with Crippen LogP contribution in [-0.4, -0.2) is 16.1 Å². The van der Waals surface area contributed by atoms with E-state index in [4.69, 9.17) is 11.6 Å². The van der Waals surface area contributed by atoms with Crippen molar-refractivity contribution in [2.24, 2.45) is 0 Å². The number of nitrogens with one attached hydrogen (secondary N) is 2. The number of nitrogens with zero attached hydrogens (tertiary/aromatic N) is 1. The zero-order chi connectivity index (χ0) is 12.4. The molecule has 1 amide bonds. The van der Waals surface area contributed by atoms with Gasteiger partial charge in [0, 0.05) is 16.8 Å². The first-order chi connectivity index (χ1) is 8.06. The summed E-state index contributed by atoms with van der Waals surface area (Å²) in [5.74, 6) is -0.880. The van der Waals surface area contributed by atoms with Crippen molar-refractivity contribution in [3.63, 3.8) is 0 Å². The average Bonchev–Trinajstić information content (AvgIpc) is 2.63. The molecule has 0 aliphatic heterocycles. The molecule has 17 heavy (non-hydrogen) atoms. The predicted molar refractivity (Wildman–Crippen MR) is 62.7 cm³/mol. The van der Waals surface area contributed by atoms with Crippen LogP contribution in [0.25, 0.3) is 0 Å². The maximum absolute atomic E-state index is 13.4. The van der Waals surface area contributed by atoms with Gasteiger partial charge in [-0.3, -0.25) is 9.89 Å². The number of aryl methyl sites for hydroxylation is 1. The topological polar surface area (TPSA) is 57.8 Å². The lowest BCUT2D eigenvalue weighted by Gasteiger charge is -2.03. The first kappa shape index (κ1) is 11.6. The number of anilines is 1. The molecule has 4 nitrogen and oxygen atoms in total. The molecule has 0 aliphatic carbocycles. The minimum atomic E-state index is -0.665.